The Morgan fingerprint density at radius 3 is 2.50 bits per heavy atom. The van der Waals surface area contributed by atoms with E-state index in [9.17, 15) is 0 Å². The molecule has 5 heteroatoms. The van der Waals surface area contributed by atoms with Gasteiger partial charge in [0.05, 0.1) is 7.11 Å². The van der Waals surface area contributed by atoms with E-state index in [1.807, 2.05) is 24.3 Å². The highest BCUT2D eigenvalue weighted by molar-refractivity contribution is 5.85. The number of para-hydroxylation sites is 2. The quantitative estimate of drug-likeness (QED) is 0.849. The molecule has 1 aliphatic rings. The second-order valence-electron chi connectivity index (χ2n) is 4.29. The highest BCUT2D eigenvalue weighted by Crippen LogP contribution is 2.25. The monoisotopic (exact) mass is 272 g/mol. The molecule has 0 atom stereocenters. The van der Waals surface area contributed by atoms with Crippen LogP contribution in [0.5, 0.6) is 11.5 Å². The third kappa shape index (κ3) is 3.77. The van der Waals surface area contributed by atoms with E-state index in [1.165, 1.54) is 0 Å². The smallest absolute Gasteiger partial charge is 0.161 e. The molecular formula is C13H21ClN2O2. The molecule has 1 heterocycles. The van der Waals surface area contributed by atoms with Gasteiger partial charge in [-0.1, -0.05) is 12.1 Å². The molecule has 1 saturated heterocycles. The van der Waals surface area contributed by atoms with Crippen molar-refractivity contribution in [1.29, 1.82) is 0 Å². The van der Waals surface area contributed by atoms with Crippen LogP contribution in [-0.2, 0) is 0 Å². The van der Waals surface area contributed by atoms with Gasteiger partial charge in [0.25, 0.3) is 0 Å². The molecule has 0 bridgehead atoms. The SMILES string of the molecule is COc1ccccc1OCCN(C)C1CNC1.Cl. The topological polar surface area (TPSA) is 33.7 Å². The molecule has 1 aromatic carbocycles. The van der Waals surface area contributed by atoms with E-state index < -0.39 is 0 Å². The van der Waals surface area contributed by atoms with Gasteiger partial charge in [0.15, 0.2) is 11.5 Å². The number of nitrogens with zero attached hydrogens (tertiary/aromatic N) is 1. The Hall–Kier alpha value is -0.970. The van der Waals surface area contributed by atoms with E-state index in [-0.39, 0.29) is 12.4 Å². The third-order valence-electron chi connectivity index (χ3n) is 3.15. The summed E-state index contributed by atoms with van der Waals surface area (Å²) >= 11 is 0. The van der Waals surface area contributed by atoms with Crippen LogP contribution in [0.4, 0.5) is 0 Å². The van der Waals surface area contributed by atoms with E-state index in [0.29, 0.717) is 12.6 Å². The molecule has 0 radical (unpaired) electrons. The highest BCUT2D eigenvalue weighted by atomic mass is 35.5. The Kier molecular flexibility index (Phi) is 6.25. The van der Waals surface area contributed by atoms with Crippen LogP contribution in [0.3, 0.4) is 0 Å². The van der Waals surface area contributed by atoms with Crippen LogP contribution < -0.4 is 14.8 Å². The van der Waals surface area contributed by atoms with Crippen molar-refractivity contribution >= 4 is 12.4 Å². The lowest BCUT2D eigenvalue weighted by Crippen LogP contribution is -2.56. The summed E-state index contributed by atoms with van der Waals surface area (Å²) in [4.78, 5) is 2.33. The predicted molar refractivity (Wildman–Crippen MR) is 75.0 cm³/mol. The lowest BCUT2D eigenvalue weighted by Gasteiger charge is -2.35. The number of hydrogen-bond donors (Lipinski definition) is 1. The molecule has 102 valence electrons. The largest absolute Gasteiger partial charge is 0.493 e. The zero-order valence-corrected chi connectivity index (χ0v) is 11.7. The Morgan fingerprint density at radius 2 is 1.94 bits per heavy atom. The lowest BCUT2D eigenvalue weighted by molar-refractivity contribution is 0.150. The van der Waals surface area contributed by atoms with Gasteiger partial charge in [0.2, 0.25) is 0 Å². The molecular weight excluding hydrogens is 252 g/mol. The third-order valence-corrected chi connectivity index (χ3v) is 3.15. The maximum Gasteiger partial charge on any atom is 0.161 e. The molecule has 1 aromatic rings. The van der Waals surface area contributed by atoms with Crippen molar-refractivity contribution in [3.63, 3.8) is 0 Å². The van der Waals surface area contributed by atoms with Gasteiger partial charge in [-0.05, 0) is 19.2 Å². The average Bonchev–Trinajstić information content (AvgIpc) is 2.27. The first-order valence-electron chi connectivity index (χ1n) is 5.98. The fraction of sp³-hybridized carbons (Fsp3) is 0.538. The Balaban J connectivity index is 0.00000162. The predicted octanol–water partition coefficient (Wildman–Crippen LogP) is 1.40. The molecule has 0 spiro atoms. The van der Waals surface area contributed by atoms with Gasteiger partial charge in [0.1, 0.15) is 6.61 Å². The van der Waals surface area contributed by atoms with Crippen LogP contribution >= 0.6 is 12.4 Å². The van der Waals surface area contributed by atoms with Gasteiger partial charge in [-0.3, -0.25) is 4.90 Å². The molecule has 1 N–H and O–H groups in total. The number of hydrogen-bond acceptors (Lipinski definition) is 4. The van der Waals surface area contributed by atoms with Gasteiger partial charge < -0.3 is 14.8 Å². The van der Waals surface area contributed by atoms with Crippen molar-refractivity contribution < 1.29 is 9.47 Å². The van der Waals surface area contributed by atoms with Crippen LogP contribution in [0.15, 0.2) is 24.3 Å². The van der Waals surface area contributed by atoms with Crippen LogP contribution in [0.2, 0.25) is 0 Å². The van der Waals surface area contributed by atoms with Crippen LogP contribution in [-0.4, -0.2) is 51.3 Å². The molecule has 4 nitrogen and oxygen atoms in total. The minimum absolute atomic E-state index is 0. The van der Waals surface area contributed by atoms with Crippen LogP contribution in [0, 0.1) is 0 Å². The summed E-state index contributed by atoms with van der Waals surface area (Å²) in [5.41, 5.74) is 0. The lowest BCUT2D eigenvalue weighted by atomic mass is 10.1. The number of likely N-dealkylation sites (N-methyl/N-ethyl adjacent to an activating group) is 1. The first kappa shape index (κ1) is 15.1. The molecule has 0 aliphatic carbocycles. The number of nitrogens with one attached hydrogen (secondary N) is 1. The van der Waals surface area contributed by atoms with Gasteiger partial charge in [0, 0.05) is 25.7 Å². The molecule has 18 heavy (non-hydrogen) atoms. The van der Waals surface area contributed by atoms with Gasteiger partial charge >= 0.3 is 0 Å². The maximum absolute atomic E-state index is 5.73. The average molecular weight is 273 g/mol. The highest BCUT2D eigenvalue weighted by Gasteiger charge is 2.20. The summed E-state index contributed by atoms with van der Waals surface area (Å²) in [5, 5.41) is 3.27. The Morgan fingerprint density at radius 1 is 1.28 bits per heavy atom. The van der Waals surface area contributed by atoms with Gasteiger partial charge in [-0.15, -0.1) is 12.4 Å². The number of rotatable bonds is 6. The van der Waals surface area contributed by atoms with Crippen LogP contribution in [0.1, 0.15) is 0 Å². The molecule has 1 fully saturated rings. The van der Waals surface area contributed by atoms with Gasteiger partial charge in [-0.25, -0.2) is 0 Å². The van der Waals surface area contributed by atoms with Crippen molar-refractivity contribution in [1.82, 2.24) is 10.2 Å². The second kappa shape index (κ2) is 7.46. The first-order valence-corrected chi connectivity index (χ1v) is 5.98. The van der Waals surface area contributed by atoms with E-state index in [2.05, 4.69) is 17.3 Å². The van der Waals surface area contributed by atoms with Crippen molar-refractivity contribution in [2.75, 3.05) is 40.4 Å². The molecule has 2 rings (SSSR count). The molecule has 0 saturated carbocycles. The Labute approximate surface area is 115 Å². The fourth-order valence-corrected chi connectivity index (χ4v) is 1.81. The molecule has 0 aromatic heterocycles. The number of halogens is 1. The number of methoxy groups -OCH3 is 1. The van der Waals surface area contributed by atoms with E-state index >= 15 is 0 Å². The van der Waals surface area contributed by atoms with E-state index in [0.717, 1.165) is 31.1 Å². The first-order chi connectivity index (χ1) is 8.31. The number of benzene rings is 1. The molecule has 1 aliphatic heterocycles. The number of ether oxygens (including phenoxy) is 2. The summed E-state index contributed by atoms with van der Waals surface area (Å²) in [7, 11) is 3.80. The summed E-state index contributed by atoms with van der Waals surface area (Å²) < 4.78 is 11.0. The van der Waals surface area contributed by atoms with Crippen molar-refractivity contribution in [3.05, 3.63) is 24.3 Å². The second-order valence-corrected chi connectivity index (χ2v) is 4.29. The van der Waals surface area contributed by atoms with Crippen molar-refractivity contribution in [2.24, 2.45) is 0 Å². The summed E-state index contributed by atoms with van der Waals surface area (Å²) in [6.45, 7) is 3.80. The zero-order chi connectivity index (χ0) is 12.1. The Bertz CT molecular complexity index is 359. The van der Waals surface area contributed by atoms with Crippen molar-refractivity contribution in [2.45, 2.75) is 6.04 Å². The molecule has 0 amide bonds. The minimum Gasteiger partial charge on any atom is -0.493 e. The van der Waals surface area contributed by atoms with Crippen molar-refractivity contribution in [3.8, 4) is 11.5 Å². The van der Waals surface area contributed by atoms with E-state index in [4.69, 9.17) is 9.47 Å². The fourth-order valence-electron chi connectivity index (χ4n) is 1.81. The summed E-state index contributed by atoms with van der Waals surface area (Å²) in [5.74, 6) is 1.61. The normalized spacial score (nSPS) is 14.8. The van der Waals surface area contributed by atoms with E-state index in [1.54, 1.807) is 7.11 Å². The standard InChI is InChI=1S/C13H20N2O2.ClH/c1-15(11-9-14-10-11)7-8-17-13-6-4-3-5-12(13)16-2;/h3-6,11,14H,7-10H2,1-2H3;1H. The molecule has 0 unspecified atom stereocenters. The maximum atomic E-state index is 5.73. The zero-order valence-electron chi connectivity index (χ0n) is 10.9. The minimum atomic E-state index is 0. The summed E-state index contributed by atoms with van der Waals surface area (Å²) in [6, 6.07) is 8.41. The van der Waals surface area contributed by atoms with Crippen LogP contribution in [0.25, 0.3) is 0 Å². The summed E-state index contributed by atoms with van der Waals surface area (Å²) in [6.07, 6.45) is 0. The van der Waals surface area contributed by atoms with Gasteiger partial charge in [-0.2, -0.15) is 0 Å².